The monoisotopic (exact) mass is 328 g/mol. The number of H-pyrrole nitrogens is 1. The number of ether oxygens (including phenoxy) is 1. The van der Waals surface area contributed by atoms with Crippen molar-refractivity contribution in [2.45, 2.75) is 38.6 Å². The van der Waals surface area contributed by atoms with E-state index in [1.54, 1.807) is 7.11 Å². The fraction of sp³-hybridized carbons (Fsp3) is 0.600. The van der Waals surface area contributed by atoms with Crippen LogP contribution in [0.2, 0.25) is 0 Å². The summed E-state index contributed by atoms with van der Waals surface area (Å²) in [4.78, 5) is 6.37. The number of aliphatic hydroxyl groups is 1. The van der Waals surface area contributed by atoms with Crippen molar-refractivity contribution in [2.75, 3.05) is 26.8 Å². The van der Waals surface area contributed by atoms with Crippen molar-refractivity contribution in [2.24, 2.45) is 11.8 Å². The molecule has 0 saturated carbocycles. The summed E-state index contributed by atoms with van der Waals surface area (Å²) in [5.74, 6) is 2.28. The number of hydrogen-bond acceptors (Lipinski definition) is 3. The molecule has 24 heavy (non-hydrogen) atoms. The molecule has 0 radical (unpaired) electrons. The summed E-state index contributed by atoms with van der Waals surface area (Å²) in [5, 5.41) is 10.8. The Morgan fingerprint density at radius 2 is 2.21 bits per heavy atom. The van der Waals surface area contributed by atoms with Crippen LogP contribution in [0.15, 0.2) is 18.2 Å². The van der Waals surface area contributed by atoms with E-state index in [0.29, 0.717) is 18.6 Å². The van der Waals surface area contributed by atoms with E-state index in [2.05, 4.69) is 28.9 Å². The van der Waals surface area contributed by atoms with Crippen molar-refractivity contribution in [3.05, 3.63) is 29.5 Å². The number of nitrogens with zero attached hydrogens (tertiary/aromatic N) is 1. The van der Waals surface area contributed by atoms with Crippen molar-refractivity contribution in [3.63, 3.8) is 0 Å². The minimum Gasteiger partial charge on any atom is -0.497 e. The van der Waals surface area contributed by atoms with Crippen LogP contribution >= 0.6 is 0 Å². The summed E-state index contributed by atoms with van der Waals surface area (Å²) in [5.41, 5.74) is 4.10. The van der Waals surface area contributed by atoms with Crippen LogP contribution in [0.4, 0.5) is 0 Å². The molecule has 0 unspecified atom stereocenters. The Labute approximate surface area is 143 Å². The number of nitrogens with one attached hydrogen (secondary N) is 1. The molecule has 4 heteroatoms. The van der Waals surface area contributed by atoms with Crippen LogP contribution in [-0.2, 0) is 6.42 Å². The van der Waals surface area contributed by atoms with Gasteiger partial charge in [0.05, 0.1) is 13.2 Å². The number of hydrogen-bond donors (Lipinski definition) is 2. The van der Waals surface area contributed by atoms with Crippen LogP contribution in [0.1, 0.15) is 43.5 Å². The molecule has 4 rings (SSSR count). The van der Waals surface area contributed by atoms with Crippen molar-refractivity contribution in [1.82, 2.24) is 9.88 Å². The molecule has 1 aromatic heterocycles. The molecule has 2 aliphatic rings. The molecule has 3 atom stereocenters. The lowest BCUT2D eigenvalue weighted by molar-refractivity contribution is 0.0396. The highest BCUT2D eigenvalue weighted by atomic mass is 16.5. The number of rotatable bonds is 4. The molecule has 130 valence electrons. The first-order valence-corrected chi connectivity index (χ1v) is 9.28. The second-order valence-electron chi connectivity index (χ2n) is 7.37. The van der Waals surface area contributed by atoms with Gasteiger partial charge in [-0.2, -0.15) is 0 Å². The lowest BCUT2D eigenvalue weighted by atomic mass is 9.76. The van der Waals surface area contributed by atoms with Gasteiger partial charge in [-0.25, -0.2) is 0 Å². The van der Waals surface area contributed by atoms with Gasteiger partial charge < -0.3 is 14.8 Å². The molecule has 2 aliphatic heterocycles. The predicted octanol–water partition coefficient (Wildman–Crippen LogP) is 3.50. The zero-order valence-electron chi connectivity index (χ0n) is 14.7. The van der Waals surface area contributed by atoms with E-state index < -0.39 is 0 Å². The number of methoxy groups -OCH3 is 1. The van der Waals surface area contributed by atoms with Crippen molar-refractivity contribution >= 4 is 10.9 Å². The highest BCUT2D eigenvalue weighted by Crippen LogP contribution is 2.44. The molecule has 2 aromatic rings. The zero-order valence-corrected chi connectivity index (χ0v) is 14.7. The van der Waals surface area contributed by atoms with Gasteiger partial charge in [0.25, 0.3) is 0 Å². The van der Waals surface area contributed by atoms with Gasteiger partial charge in [-0.3, -0.25) is 4.90 Å². The van der Waals surface area contributed by atoms with Crippen molar-refractivity contribution < 1.29 is 9.84 Å². The zero-order chi connectivity index (χ0) is 16.7. The van der Waals surface area contributed by atoms with Crippen LogP contribution in [0.25, 0.3) is 10.9 Å². The van der Waals surface area contributed by atoms with E-state index in [9.17, 15) is 5.11 Å². The molecule has 4 nitrogen and oxygen atoms in total. The van der Waals surface area contributed by atoms with Gasteiger partial charge in [-0.05, 0) is 54.9 Å². The second kappa shape index (κ2) is 6.41. The normalized spacial score (nSPS) is 27.0. The summed E-state index contributed by atoms with van der Waals surface area (Å²) >= 11 is 0. The number of benzene rings is 1. The molecular weight excluding hydrogens is 300 g/mol. The SMILES string of the molecule is CC[C@H]1CN2CCc3c([nH]c4ccc(OC)cc34)[C@@H]2C[C@@H]1CCO. The standard InChI is InChI=1S/C20H28N2O2/c1-3-13-12-22-8-6-16-17-11-15(24-2)4-5-18(17)21-20(16)19(22)10-14(13)7-9-23/h4-5,11,13-14,19,21,23H,3,6-10,12H2,1-2H3/t13-,14-,19-/m0/s1. The third-order valence-electron chi connectivity index (χ3n) is 6.26. The Balaban J connectivity index is 1.71. The van der Waals surface area contributed by atoms with Crippen molar-refractivity contribution in [1.29, 1.82) is 0 Å². The van der Waals surface area contributed by atoms with Crippen molar-refractivity contribution in [3.8, 4) is 5.75 Å². The quantitative estimate of drug-likeness (QED) is 0.903. The van der Waals surface area contributed by atoms with Crippen LogP contribution in [0.5, 0.6) is 5.75 Å². The minimum atomic E-state index is 0.310. The number of fused-ring (bicyclic) bond motifs is 5. The third-order valence-corrected chi connectivity index (χ3v) is 6.26. The summed E-state index contributed by atoms with van der Waals surface area (Å²) in [6.45, 7) is 4.92. The Morgan fingerprint density at radius 3 is 2.96 bits per heavy atom. The summed E-state index contributed by atoms with van der Waals surface area (Å²) in [6.07, 6.45) is 4.42. The van der Waals surface area contributed by atoms with Crippen LogP contribution in [-0.4, -0.2) is 41.8 Å². The average Bonchev–Trinajstić information content (AvgIpc) is 2.99. The van der Waals surface area contributed by atoms with E-state index in [4.69, 9.17) is 4.74 Å². The lowest BCUT2D eigenvalue weighted by Crippen LogP contribution is -2.46. The predicted molar refractivity (Wildman–Crippen MR) is 96.5 cm³/mol. The van der Waals surface area contributed by atoms with E-state index in [1.165, 1.54) is 35.1 Å². The van der Waals surface area contributed by atoms with Crippen LogP contribution in [0, 0.1) is 11.8 Å². The Hall–Kier alpha value is -1.52. The van der Waals surface area contributed by atoms with Gasteiger partial charge in [-0.1, -0.05) is 13.3 Å². The largest absolute Gasteiger partial charge is 0.497 e. The molecule has 2 N–H and O–H groups in total. The fourth-order valence-corrected chi connectivity index (χ4v) is 4.92. The topological polar surface area (TPSA) is 48.5 Å². The van der Waals surface area contributed by atoms with Crippen LogP contribution in [0.3, 0.4) is 0 Å². The molecule has 1 aromatic carbocycles. The minimum absolute atomic E-state index is 0.310. The highest BCUT2D eigenvalue weighted by molar-refractivity contribution is 5.86. The third kappa shape index (κ3) is 2.52. The first-order chi connectivity index (χ1) is 11.7. The van der Waals surface area contributed by atoms with Crippen LogP contribution < -0.4 is 4.74 Å². The second-order valence-corrected chi connectivity index (χ2v) is 7.37. The summed E-state index contributed by atoms with van der Waals surface area (Å²) in [6, 6.07) is 6.82. The molecule has 1 fully saturated rings. The number of piperidine rings is 1. The average molecular weight is 328 g/mol. The molecular formula is C20H28N2O2. The smallest absolute Gasteiger partial charge is 0.119 e. The van der Waals surface area contributed by atoms with E-state index >= 15 is 0 Å². The Morgan fingerprint density at radius 1 is 1.33 bits per heavy atom. The van der Waals surface area contributed by atoms with E-state index in [0.717, 1.165) is 37.5 Å². The maximum absolute atomic E-state index is 9.46. The summed E-state index contributed by atoms with van der Waals surface area (Å²) in [7, 11) is 1.73. The molecule has 0 amide bonds. The Kier molecular flexibility index (Phi) is 4.27. The van der Waals surface area contributed by atoms with E-state index in [-0.39, 0.29) is 0 Å². The van der Waals surface area contributed by atoms with Gasteiger partial charge in [0, 0.05) is 36.3 Å². The highest BCUT2D eigenvalue weighted by Gasteiger charge is 2.39. The van der Waals surface area contributed by atoms with E-state index in [1.807, 2.05) is 6.07 Å². The number of aliphatic hydroxyl groups excluding tert-OH is 1. The molecule has 0 aliphatic carbocycles. The Bertz CT molecular complexity index is 724. The van der Waals surface area contributed by atoms with Gasteiger partial charge >= 0.3 is 0 Å². The molecule has 1 saturated heterocycles. The van der Waals surface area contributed by atoms with Gasteiger partial charge in [0.15, 0.2) is 0 Å². The van der Waals surface area contributed by atoms with Gasteiger partial charge in [-0.15, -0.1) is 0 Å². The molecule has 0 bridgehead atoms. The first kappa shape index (κ1) is 16.0. The maximum Gasteiger partial charge on any atom is 0.119 e. The van der Waals surface area contributed by atoms with Gasteiger partial charge in [0.1, 0.15) is 5.75 Å². The fourth-order valence-electron chi connectivity index (χ4n) is 4.92. The first-order valence-electron chi connectivity index (χ1n) is 9.28. The number of aromatic amines is 1. The maximum atomic E-state index is 9.46. The molecule has 0 spiro atoms. The lowest BCUT2D eigenvalue weighted by Gasteiger charge is -2.46. The summed E-state index contributed by atoms with van der Waals surface area (Å²) < 4.78 is 5.41. The molecule has 3 heterocycles. The van der Waals surface area contributed by atoms with Gasteiger partial charge in [0.2, 0.25) is 0 Å². The number of aromatic nitrogens is 1.